The molecule has 2 rings (SSSR count). The van der Waals surface area contributed by atoms with Crippen molar-refractivity contribution in [1.82, 2.24) is 14.8 Å². The van der Waals surface area contributed by atoms with Gasteiger partial charge in [-0.3, -0.25) is 0 Å². The fraction of sp³-hybridized carbons (Fsp3) is 0.200. The van der Waals surface area contributed by atoms with Crippen molar-refractivity contribution in [1.29, 1.82) is 0 Å². The lowest BCUT2D eigenvalue weighted by Gasteiger charge is -1.97. The molecule has 0 radical (unpaired) electrons. The number of aryl methyl sites for hydroxylation is 1. The highest BCUT2D eigenvalue weighted by Gasteiger charge is 1.98. The zero-order chi connectivity index (χ0) is 9.10. The lowest BCUT2D eigenvalue weighted by atomic mass is 10.4. The van der Waals surface area contributed by atoms with Gasteiger partial charge in [0.1, 0.15) is 0 Å². The number of hydrogen-bond acceptors (Lipinski definition) is 2. The molecule has 0 aliphatic carbocycles. The zero-order valence-electron chi connectivity index (χ0n) is 7.51. The SMILES string of the molecule is CCc1ccn(-c2ccccn2)n1. The van der Waals surface area contributed by atoms with E-state index in [1.54, 1.807) is 10.9 Å². The van der Waals surface area contributed by atoms with E-state index in [4.69, 9.17) is 0 Å². The predicted octanol–water partition coefficient (Wildman–Crippen LogP) is 1.83. The number of hydrogen-bond donors (Lipinski definition) is 0. The molecule has 2 heterocycles. The quantitative estimate of drug-likeness (QED) is 0.693. The Morgan fingerprint density at radius 1 is 1.31 bits per heavy atom. The van der Waals surface area contributed by atoms with Crippen LogP contribution in [0.5, 0.6) is 0 Å². The van der Waals surface area contributed by atoms with Gasteiger partial charge in [-0.2, -0.15) is 5.10 Å². The first-order valence-electron chi connectivity index (χ1n) is 4.36. The average Bonchev–Trinajstić information content (AvgIpc) is 2.67. The molecular weight excluding hydrogens is 162 g/mol. The van der Waals surface area contributed by atoms with Gasteiger partial charge in [-0.1, -0.05) is 13.0 Å². The van der Waals surface area contributed by atoms with Gasteiger partial charge < -0.3 is 0 Å². The van der Waals surface area contributed by atoms with Crippen LogP contribution in [0.1, 0.15) is 12.6 Å². The van der Waals surface area contributed by atoms with Crippen molar-refractivity contribution in [2.75, 3.05) is 0 Å². The van der Waals surface area contributed by atoms with Crippen LogP contribution in [0.25, 0.3) is 5.82 Å². The molecule has 3 nitrogen and oxygen atoms in total. The molecule has 0 aliphatic heterocycles. The predicted molar refractivity (Wildman–Crippen MR) is 50.7 cm³/mol. The first-order chi connectivity index (χ1) is 6.40. The van der Waals surface area contributed by atoms with Crippen LogP contribution in [-0.4, -0.2) is 14.8 Å². The van der Waals surface area contributed by atoms with Crippen molar-refractivity contribution in [3.05, 3.63) is 42.4 Å². The van der Waals surface area contributed by atoms with Crippen LogP contribution in [0.15, 0.2) is 36.7 Å². The summed E-state index contributed by atoms with van der Waals surface area (Å²) in [4.78, 5) is 4.20. The summed E-state index contributed by atoms with van der Waals surface area (Å²) in [5.74, 6) is 0.863. The van der Waals surface area contributed by atoms with Crippen LogP contribution in [0.2, 0.25) is 0 Å². The Labute approximate surface area is 77.0 Å². The lowest BCUT2D eigenvalue weighted by Crippen LogP contribution is -1.97. The molecule has 2 aromatic rings. The molecular formula is C10H11N3. The Morgan fingerprint density at radius 3 is 2.85 bits per heavy atom. The van der Waals surface area contributed by atoms with E-state index in [1.165, 1.54) is 0 Å². The highest BCUT2D eigenvalue weighted by molar-refractivity contribution is 5.20. The van der Waals surface area contributed by atoms with E-state index in [9.17, 15) is 0 Å². The van der Waals surface area contributed by atoms with Crippen molar-refractivity contribution in [3.8, 4) is 5.82 Å². The molecule has 0 aromatic carbocycles. The summed E-state index contributed by atoms with van der Waals surface area (Å²) in [6, 6.07) is 7.80. The fourth-order valence-corrected chi connectivity index (χ4v) is 1.17. The Balaban J connectivity index is 2.36. The largest absolute Gasteiger partial charge is 0.237 e. The van der Waals surface area contributed by atoms with Crippen LogP contribution in [0.4, 0.5) is 0 Å². The molecule has 0 saturated heterocycles. The first kappa shape index (κ1) is 7.98. The number of nitrogens with zero attached hydrogens (tertiary/aromatic N) is 3. The van der Waals surface area contributed by atoms with Crippen LogP contribution in [0.3, 0.4) is 0 Å². The maximum atomic E-state index is 4.35. The second-order valence-corrected chi connectivity index (χ2v) is 2.79. The highest BCUT2D eigenvalue weighted by atomic mass is 15.3. The minimum atomic E-state index is 0.863. The van der Waals surface area contributed by atoms with E-state index in [0.29, 0.717) is 0 Å². The monoisotopic (exact) mass is 173 g/mol. The summed E-state index contributed by atoms with van der Waals surface area (Å²) < 4.78 is 1.79. The van der Waals surface area contributed by atoms with Gasteiger partial charge in [0.05, 0.1) is 5.69 Å². The second kappa shape index (κ2) is 3.39. The van der Waals surface area contributed by atoms with Gasteiger partial charge in [0, 0.05) is 12.4 Å². The third-order valence-corrected chi connectivity index (χ3v) is 1.89. The minimum absolute atomic E-state index is 0.863. The Hall–Kier alpha value is -1.64. The lowest BCUT2D eigenvalue weighted by molar-refractivity contribution is 0.816. The van der Waals surface area contributed by atoms with Gasteiger partial charge in [-0.25, -0.2) is 9.67 Å². The fourth-order valence-electron chi connectivity index (χ4n) is 1.17. The van der Waals surface area contributed by atoms with E-state index in [0.717, 1.165) is 17.9 Å². The van der Waals surface area contributed by atoms with Gasteiger partial charge in [0.25, 0.3) is 0 Å². The van der Waals surface area contributed by atoms with Gasteiger partial charge in [0.2, 0.25) is 0 Å². The summed E-state index contributed by atoms with van der Waals surface area (Å²) in [6.07, 6.45) is 4.66. The molecule has 0 amide bonds. The topological polar surface area (TPSA) is 30.7 Å². The third-order valence-electron chi connectivity index (χ3n) is 1.89. The van der Waals surface area contributed by atoms with E-state index >= 15 is 0 Å². The maximum Gasteiger partial charge on any atom is 0.153 e. The normalized spacial score (nSPS) is 10.2. The third kappa shape index (κ3) is 1.59. The smallest absolute Gasteiger partial charge is 0.153 e. The Kier molecular flexibility index (Phi) is 2.08. The van der Waals surface area contributed by atoms with Gasteiger partial charge in [-0.05, 0) is 24.6 Å². The van der Waals surface area contributed by atoms with E-state index in [-0.39, 0.29) is 0 Å². The van der Waals surface area contributed by atoms with Crippen LogP contribution < -0.4 is 0 Å². The molecule has 0 aliphatic rings. The van der Waals surface area contributed by atoms with E-state index in [1.807, 2.05) is 30.5 Å². The van der Waals surface area contributed by atoms with Crippen LogP contribution >= 0.6 is 0 Å². The number of pyridine rings is 1. The summed E-state index contributed by atoms with van der Waals surface area (Å²) >= 11 is 0. The van der Waals surface area contributed by atoms with Crippen molar-refractivity contribution in [3.63, 3.8) is 0 Å². The van der Waals surface area contributed by atoms with Gasteiger partial charge in [-0.15, -0.1) is 0 Å². The first-order valence-corrected chi connectivity index (χ1v) is 4.36. The van der Waals surface area contributed by atoms with Crippen molar-refractivity contribution < 1.29 is 0 Å². The Morgan fingerprint density at radius 2 is 2.23 bits per heavy atom. The Bertz CT molecular complexity index is 378. The molecule has 0 saturated carbocycles. The zero-order valence-corrected chi connectivity index (χ0v) is 7.51. The number of aromatic nitrogens is 3. The molecule has 0 spiro atoms. The maximum absolute atomic E-state index is 4.35. The van der Waals surface area contributed by atoms with Crippen molar-refractivity contribution in [2.24, 2.45) is 0 Å². The van der Waals surface area contributed by atoms with Crippen LogP contribution in [0, 0.1) is 0 Å². The van der Waals surface area contributed by atoms with Gasteiger partial charge in [0.15, 0.2) is 5.82 Å². The molecule has 0 unspecified atom stereocenters. The standard InChI is InChI=1S/C10H11N3/c1-2-9-6-8-13(12-9)10-5-3-4-7-11-10/h3-8H,2H2,1H3. The molecule has 3 heteroatoms. The molecule has 0 bridgehead atoms. The molecule has 2 aromatic heterocycles. The van der Waals surface area contributed by atoms with Gasteiger partial charge >= 0.3 is 0 Å². The van der Waals surface area contributed by atoms with Crippen molar-refractivity contribution in [2.45, 2.75) is 13.3 Å². The van der Waals surface area contributed by atoms with E-state index in [2.05, 4.69) is 17.0 Å². The number of rotatable bonds is 2. The highest BCUT2D eigenvalue weighted by Crippen LogP contribution is 2.03. The molecule has 0 atom stereocenters. The summed E-state index contributed by atoms with van der Waals surface area (Å²) in [7, 11) is 0. The molecule has 66 valence electrons. The minimum Gasteiger partial charge on any atom is -0.237 e. The molecule has 0 fully saturated rings. The summed E-state index contributed by atoms with van der Waals surface area (Å²) in [6.45, 7) is 2.09. The summed E-state index contributed by atoms with van der Waals surface area (Å²) in [5, 5.41) is 4.35. The second-order valence-electron chi connectivity index (χ2n) is 2.79. The average molecular weight is 173 g/mol. The van der Waals surface area contributed by atoms with Crippen LogP contribution in [-0.2, 0) is 6.42 Å². The van der Waals surface area contributed by atoms with Crippen molar-refractivity contribution >= 4 is 0 Å². The molecule has 0 N–H and O–H groups in total. The molecule has 13 heavy (non-hydrogen) atoms. The summed E-state index contributed by atoms with van der Waals surface area (Å²) in [5.41, 5.74) is 1.09. The van der Waals surface area contributed by atoms with E-state index < -0.39 is 0 Å².